The van der Waals surface area contributed by atoms with Crippen molar-refractivity contribution in [2.24, 2.45) is 0 Å². The number of rotatable bonds is 4. The summed E-state index contributed by atoms with van der Waals surface area (Å²) >= 11 is 0. The number of halogens is 1. The first-order valence-corrected chi connectivity index (χ1v) is 7.25. The number of hydrogen-bond acceptors (Lipinski definition) is 1. The molecule has 0 bridgehead atoms. The van der Waals surface area contributed by atoms with Gasteiger partial charge in [-0.25, -0.2) is 4.39 Å². The highest BCUT2D eigenvalue weighted by Gasteiger charge is 2.46. The first-order valence-electron chi connectivity index (χ1n) is 7.25. The minimum atomic E-state index is -0.117. The van der Waals surface area contributed by atoms with Crippen LogP contribution in [0.2, 0.25) is 0 Å². The Labute approximate surface area is 119 Å². The Hall–Kier alpha value is -1.67. The molecule has 2 heteroatoms. The minimum absolute atomic E-state index is 0.0260. The molecule has 1 aliphatic rings. The van der Waals surface area contributed by atoms with Crippen LogP contribution in [0.5, 0.6) is 0 Å². The van der Waals surface area contributed by atoms with E-state index in [9.17, 15) is 4.39 Å². The largest absolute Gasteiger partial charge is 0.312 e. The maximum absolute atomic E-state index is 14.2. The molecule has 0 spiro atoms. The smallest absolute Gasteiger partial charge is 0.128 e. The van der Waals surface area contributed by atoms with Crippen molar-refractivity contribution in [1.29, 1.82) is 0 Å². The zero-order valence-corrected chi connectivity index (χ0v) is 11.8. The molecule has 0 amide bonds. The van der Waals surface area contributed by atoms with Crippen molar-refractivity contribution >= 4 is 0 Å². The molecule has 0 saturated heterocycles. The third kappa shape index (κ3) is 2.04. The molecule has 0 heterocycles. The van der Waals surface area contributed by atoms with Gasteiger partial charge >= 0.3 is 0 Å². The SMILES string of the molecule is CNC(c1ccccc1F)C1(c2ccccc2)CCC1. The van der Waals surface area contributed by atoms with Gasteiger partial charge < -0.3 is 5.32 Å². The van der Waals surface area contributed by atoms with Crippen LogP contribution in [-0.2, 0) is 5.41 Å². The zero-order chi connectivity index (χ0) is 14.0. The standard InChI is InChI=1S/C18H20FN/c1-20-17(15-10-5-6-11-16(15)19)18(12-7-13-18)14-8-3-2-4-9-14/h2-6,8-11,17,20H,7,12-13H2,1H3. The van der Waals surface area contributed by atoms with Gasteiger partial charge in [0.1, 0.15) is 5.82 Å². The van der Waals surface area contributed by atoms with Crippen molar-refractivity contribution in [2.75, 3.05) is 7.05 Å². The summed E-state index contributed by atoms with van der Waals surface area (Å²) in [6.45, 7) is 0. The molecule has 1 aliphatic carbocycles. The summed E-state index contributed by atoms with van der Waals surface area (Å²) < 4.78 is 14.2. The summed E-state index contributed by atoms with van der Waals surface area (Å²) in [6, 6.07) is 17.7. The lowest BCUT2D eigenvalue weighted by Gasteiger charge is -2.48. The predicted molar refractivity (Wildman–Crippen MR) is 80.2 cm³/mol. The lowest BCUT2D eigenvalue weighted by Crippen LogP contribution is -2.46. The number of likely N-dealkylation sites (N-methyl/N-ethyl adjacent to an activating group) is 1. The highest BCUT2D eigenvalue weighted by Crippen LogP contribution is 2.52. The number of benzene rings is 2. The summed E-state index contributed by atoms with van der Waals surface area (Å²) in [5.74, 6) is -0.117. The molecule has 20 heavy (non-hydrogen) atoms. The van der Waals surface area contributed by atoms with Crippen LogP contribution >= 0.6 is 0 Å². The molecular weight excluding hydrogens is 249 g/mol. The third-order valence-corrected chi connectivity index (χ3v) is 4.65. The molecule has 1 atom stereocenters. The van der Waals surface area contributed by atoms with Gasteiger partial charge in [-0.1, -0.05) is 55.0 Å². The van der Waals surface area contributed by atoms with Gasteiger partial charge in [0.25, 0.3) is 0 Å². The third-order valence-electron chi connectivity index (χ3n) is 4.65. The number of nitrogens with one attached hydrogen (secondary N) is 1. The molecule has 104 valence electrons. The molecule has 0 aliphatic heterocycles. The fourth-order valence-corrected chi connectivity index (χ4v) is 3.51. The monoisotopic (exact) mass is 269 g/mol. The Morgan fingerprint density at radius 1 is 1.00 bits per heavy atom. The second-order valence-corrected chi connectivity index (χ2v) is 5.62. The van der Waals surface area contributed by atoms with E-state index in [2.05, 4.69) is 29.6 Å². The van der Waals surface area contributed by atoms with E-state index in [1.54, 1.807) is 12.1 Å². The molecule has 2 aromatic carbocycles. The maximum Gasteiger partial charge on any atom is 0.128 e. The fourth-order valence-electron chi connectivity index (χ4n) is 3.51. The fraction of sp³-hybridized carbons (Fsp3) is 0.333. The summed E-state index contributed by atoms with van der Waals surface area (Å²) in [7, 11) is 1.93. The molecule has 2 aromatic rings. The molecule has 1 N–H and O–H groups in total. The van der Waals surface area contributed by atoms with Crippen LogP contribution < -0.4 is 5.32 Å². The van der Waals surface area contributed by atoms with Crippen LogP contribution in [0, 0.1) is 5.82 Å². The van der Waals surface area contributed by atoms with E-state index in [0.717, 1.165) is 18.4 Å². The van der Waals surface area contributed by atoms with Crippen LogP contribution in [-0.4, -0.2) is 7.05 Å². The van der Waals surface area contributed by atoms with Crippen LogP contribution in [0.1, 0.15) is 36.4 Å². The van der Waals surface area contributed by atoms with Gasteiger partial charge in [-0.05, 0) is 31.5 Å². The summed E-state index contributed by atoms with van der Waals surface area (Å²) in [5, 5.41) is 3.36. The second-order valence-electron chi connectivity index (χ2n) is 5.62. The molecule has 3 rings (SSSR count). The Balaban J connectivity index is 2.05. The lowest BCUT2D eigenvalue weighted by atomic mass is 9.58. The van der Waals surface area contributed by atoms with E-state index in [1.165, 1.54) is 12.0 Å². The molecule has 0 aromatic heterocycles. The minimum Gasteiger partial charge on any atom is -0.312 e. The van der Waals surface area contributed by atoms with Crippen LogP contribution in [0.3, 0.4) is 0 Å². The van der Waals surface area contributed by atoms with Gasteiger partial charge in [-0.15, -0.1) is 0 Å². The zero-order valence-electron chi connectivity index (χ0n) is 11.8. The van der Waals surface area contributed by atoms with E-state index in [4.69, 9.17) is 0 Å². The number of hydrogen-bond donors (Lipinski definition) is 1. The Bertz CT molecular complexity index is 575. The first kappa shape index (κ1) is 13.3. The normalized spacial score (nSPS) is 18.3. The Morgan fingerprint density at radius 2 is 1.65 bits per heavy atom. The van der Waals surface area contributed by atoms with E-state index >= 15 is 0 Å². The highest BCUT2D eigenvalue weighted by atomic mass is 19.1. The Morgan fingerprint density at radius 3 is 2.20 bits per heavy atom. The Kier molecular flexibility index (Phi) is 3.58. The van der Waals surface area contributed by atoms with E-state index in [0.29, 0.717) is 0 Å². The molecule has 1 saturated carbocycles. The molecule has 1 nitrogen and oxygen atoms in total. The van der Waals surface area contributed by atoms with Crippen LogP contribution in [0.15, 0.2) is 54.6 Å². The second kappa shape index (κ2) is 5.37. The van der Waals surface area contributed by atoms with Gasteiger partial charge in [-0.2, -0.15) is 0 Å². The predicted octanol–water partition coefficient (Wildman–Crippen LogP) is 4.21. The van der Waals surface area contributed by atoms with Gasteiger partial charge in [-0.3, -0.25) is 0 Å². The van der Waals surface area contributed by atoms with E-state index < -0.39 is 0 Å². The van der Waals surface area contributed by atoms with Crippen molar-refractivity contribution in [3.63, 3.8) is 0 Å². The first-order chi connectivity index (χ1) is 9.78. The molecular formula is C18H20FN. The van der Waals surface area contributed by atoms with Crippen molar-refractivity contribution in [2.45, 2.75) is 30.7 Å². The summed E-state index contributed by atoms with van der Waals surface area (Å²) in [5.41, 5.74) is 2.12. The molecule has 1 fully saturated rings. The molecule has 1 unspecified atom stereocenters. The van der Waals surface area contributed by atoms with Gasteiger partial charge in [0.05, 0.1) is 0 Å². The average molecular weight is 269 g/mol. The summed E-state index contributed by atoms with van der Waals surface area (Å²) in [4.78, 5) is 0. The van der Waals surface area contributed by atoms with Gasteiger partial charge in [0, 0.05) is 17.0 Å². The van der Waals surface area contributed by atoms with Crippen molar-refractivity contribution in [1.82, 2.24) is 5.32 Å². The average Bonchev–Trinajstić information content (AvgIpc) is 2.45. The van der Waals surface area contributed by atoms with Gasteiger partial charge in [0.15, 0.2) is 0 Å². The van der Waals surface area contributed by atoms with Crippen LogP contribution in [0.25, 0.3) is 0 Å². The van der Waals surface area contributed by atoms with Crippen molar-refractivity contribution < 1.29 is 4.39 Å². The van der Waals surface area contributed by atoms with Crippen molar-refractivity contribution in [3.8, 4) is 0 Å². The summed E-state index contributed by atoms with van der Waals surface area (Å²) in [6.07, 6.45) is 3.43. The van der Waals surface area contributed by atoms with Crippen LogP contribution in [0.4, 0.5) is 4.39 Å². The highest BCUT2D eigenvalue weighted by molar-refractivity contribution is 5.36. The van der Waals surface area contributed by atoms with E-state index in [1.807, 2.05) is 25.2 Å². The topological polar surface area (TPSA) is 12.0 Å². The van der Waals surface area contributed by atoms with Gasteiger partial charge in [0.2, 0.25) is 0 Å². The quantitative estimate of drug-likeness (QED) is 0.876. The van der Waals surface area contributed by atoms with E-state index in [-0.39, 0.29) is 17.3 Å². The maximum atomic E-state index is 14.2. The molecule has 0 radical (unpaired) electrons. The van der Waals surface area contributed by atoms with Crippen molar-refractivity contribution in [3.05, 3.63) is 71.5 Å². The lowest BCUT2D eigenvalue weighted by molar-refractivity contribution is 0.173.